The Morgan fingerprint density at radius 3 is 2.62 bits per heavy atom. The monoisotopic (exact) mass is 540 g/mol. The highest BCUT2D eigenvalue weighted by atomic mass is 32.2. The minimum atomic E-state index is -3.77. The third kappa shape index (κ3) is 7.43. The normalized spacial score (nSPS) is 15.3. The van der Waals surface area contributed by atoms with Crippen LogP contribution in [-0.2, 0) is 21.3 Å². The molecule has 0 unspecified atom stereocenters. The quantitative estimate of drug-likeness (QED) is 0.260. The minimum Gasteiger partial charge on any atom is -0.462 e. The van der Waals surface area contributed by atoms with Gasteiger partial charge in [-0.05, 0) is 67.6 Å². The zero-order chi connectivity index (χ0) is 26.3. The molecule has 1 aliphatic rings. The summed E-state index contributed by atoms with van der Waals surface area (Å²) in [6.45, 7) is 4.87. The van der Waals surface area contributed by atoms with Crippen molar-refractivity contribution >= 4 is 33.0 Å². The van der Waals surface area contributed by atoms with Crippen molar-refractivity contribution in [3.05, 3.63) is 71.8 Å². The fourth-order valence-electron chi connectivity index (χ4n) is 4.89. The van der Waals surface area contributed by atoms with Crippen LogP contribution in [-0.4, -0.2) is 27.0 Å². The predicted molar refractivity (Wildman–Crippen MR) is 150 cm³/mol. The molecule has 1 atom stereocenters. The first-order chi connectivity index (χ1) is 17.9. The lowest BCUT2D eigenvalue weighted by Crippen LogP contribution is -2.29. The van der Waals surface area contributed by atoms with Crippen LogP contribution in [0.15, 0.2) is 64.9 Å². The molecule has 1 aliphatic carbocycles. The first-order valence-electron chi connectivity index (χ1n) is 13.1. The van der Waals surface area contributed by atoms with Gasteiger partial charge in [-0.1, -0.05) is 62.4 Å². The van der Waals surface area contributed by atoms with Gasteiger partial charge in [-0.15, -0.1) is 11.3 Å². The van der Waals surface area contributed by atoms with Gasteiger partial charge < -0.3 is 10.1 Å². The molecule has 1 aromatic heterocycles. The van der Waals surface area contributed by atoms with E-state index < -0.39 is 16.0 Å². The van der Waals surface area contributed by atoms with Crippen molar-refractivity contribution in [2.24, 2.45) is 5.92 Å². The zero-order valence-corrected chi connectivity index (χ0v) is 23.2. The third-order valence-electron chi connectivity index (χ3n) is 6.82. The van der Waals surface area contributed by atoms with Gasteiger partial charge in [0.2, 0.25) is 0 Å². The van der Waals surface area contributed by atoms with Crippen LogP contribution in [0.2, 0.25) is 0 Å². The van der Waals surface area contributed by atoms with Crippen molar-refractivity contribution in [3.8, 4) is 10.4 Å². The molecule has 4 rings (SSSR count). The number of sulfonamides is 1. The maximum Gasteiger partial charge on any atom is 0.338 e. The van der Waals surface area contributed by atoms with E-state index in [0.29, 0.717) is 30.4 Å². The molecule has 6 nitrogen and oxygen atoms in total. The van der Waals surface area contributed by atoms with E-state index >= 15 is 0 Å². The molecule has 0 amide bonds. The van der Waals surface area contributed by atoms with Crippen LogP contribution in [0.25, 0.3) is 10.4 Å². The minimum absolute atomic E-state index is 0.220. The molecule has 1 heterocycles. The molecule has 2 aromatic carbocycles. The van der Waals surface area contributed by atoms with Crippen molar-refractivity contribution in [1.82, 2.24) is 5.32 Å². The fraction of sp³-hybridized carbons (Fsp3) is 0.414. The molecule has 198 valence electrons. The fourth-order valence-corrected chi connectivity index (χ4v) is 7.30. The number of rotatable bonds is 11. The number of esters is 1. The Balaban J connectivity index is 1.43. The molecule has 0 spiro atoms. The second kappa shape index (κ2) is 12.7. The van der Waals surface area contributed by atoms with Crippen LogP contribution >= 0.6 is 11.3 Å². The van der Waals surface area contributed by atoms with Crippen molar-refractivity contribution in [1.29, 1.82) is 0 Å². The molecular formula is C29H36N2O4S2. The largest absolute Gasteiger partial charge is 0.462 e. The van der Waals surface area contributed by atoms with Crippen LogP contribution in [0.3, 0.4) is 0 Å². The van der Waals surface area contributed by atoms with Gasteiger partial charge in [-0.3, -0.25) is 4.72 Å². The summed E-state index contributed by atoms with van der Waals surface area (Å²) >= 11 is 1.17. The molecule has 1 fully saturated rings. The van der Waals surface area contributed by atoms with E-state index in [0.717, 1.165) is 28.3 Å². The number of carbonyl (C=O) groups is 1. The Kier molecular flexibility index (Phi) is 9.40. The summed E-state index contributed by atoms with van der Waals surface area (Å²) in [6.07, 6.45) is 7.82. The molecular weight excluding hydrogens is 504 g/mol. The highest BCUT2D eigenvalue weighted by Gasteiger charge is 2.20. The van der Waals surface area contributed by atoms with E-state index in [4.69, 9.17) is 4.74 Å². The number of nitrogens with one attached hydrogen (secondary N) is 2. The van der Waals surface area contributed by atoms with E-state index in [1.807, 2.05) is 24.3 Å². The van der Waals surface area contributed by atoms with Gasteiger partial charge in [0.15, 0.2) is 0 Å². The molecule has 0 saturated heterocycles. The van der Waals surface area contributed by atoms with Crippen LogP contribution in [0.4, 0.5) is 5.69 Å². The number of hydrogen-bond donors (Lipinski definition) is 2. The molecule has 2 N–H and O–H groups in total. The number of ether oxygens (including phenoxy) is 1. The van der Waals surface area contributed by atoms with E-state index in [9.17, 15) is 13.2 Å². The SMILES string of the molecule is CCOC(=O)c1cccc(-c2ccc(S(=O)(=O)Nc3ccccc3CN[C@@H](C)CC3CCCCC3)s2)c1. The van der Waals surface area contributed by atoms with Gasteiger partial charge in [-0.25, -0.2) is 13.2 Å². The number of benzene rings is 2. The number of para-hydroxylation sites is 1. The zero-order valence-electron chi connectivity index (χ0n) is 21.5. The summed E-state index contributed by atoms with van der Waals surface area (Å²) < 4.78 is 34.6. The standard InChI is InChI=1S/C29H36N2O4S2/c1-3-35-29(32)24-14-9-13-23(19-24)27-16-17-28(36-27)37(33,34)31-26-15-8-7-12-25(26)20-30-21(2)18-22-10-5-4-6-11-22/h7-9,12-17,19,21-22,30-31H,3-6,10-11,18,20H2,1-2H3/t21-/m0/s1. The number of thiophene rings is 1. The van der Waals surface area contributed by atoms with E-state index in [1.165, 1.54) is 43.4 Å². The molecule has 37 heavy (non-hydrogen) atoms. The summed E-state index contributed by atoms with van der Waals surface area (Å²) in [6, 6.07) is 18.3. The maximum atomic E-state index is 13.3. The Labute approximate surface area is 224 Å². The van der Waals surface area contributed by atoms with Crippen molar-refractivity contribution < 1.29 is 17.9 Å². The number of carbonyl (C=O) groups excluding carboxylic acids is 1. The second-order valence-electron chi connectivity index (χ2n) is 9.70. The van der Waals surface area contributed by atoms with Gasteiger partial charge in [0, 0.05) is 17.5 Å². The molecule has 0 aliphatic heterocycles. The summed E-state index contributed by atoms with van der Waals surface area (Å²) in [5, 5.41) is 3.59. The number of anilines is 1. The van der Waals surface area contributed by atoms with Gasteiger partial charge in [-0.2, -0.15) is 0 Å². The van der Waals surface area contributed by atoms with Crippen LogP contribution in [0.5, 0.6) is 0 Å². The van der Waals surface area contributed by atoms with Gasteiger partial charge in [0.1, 0.15) is 4.21 Å². The first-order valence-corrected chi connectivity index (χ1v) is 15.4. The lowest BCUT2D eigenvalue weighted by atomic mass is 9.85. The first kappa shape index (κ1) is 27.4. The summed E-state index contributed by atoms with van der Waals surface area (Å²) in [5.74, 6) is 0.393. The Hall–Kier alpha value is -2.68. The van der Waals surface area contributed by atoms with Crippen LogP contribution in [0.1, 0.15) is 68.3 Å². The second-order valence-corrected chi connectivity index (χ2v) is 12.7. The lowest BCUT2D eigenvalue weighted by Gasteiger charge is -2.25. The van der Waals surface area contributed by atoms with Crippen LogP contribution < -0.4 is 10.0 Å². The van der Waals surface area contributed by atoms with E-state index in [2.05, 4.69) is 17.0 Å². The van der Waals surface area contributed by atoms with Gasteiger partial charge in [0.25, 0.3) is 10.0 Å². The van der Waals surface area contributed by atoms with Gasteiger partial charge in [0.05, 0.1) is 17.9 Å². The molecule has 0 radical (unpaired) electrons. The maximum absolute atomic E-state index is 13.3. The summed E-state index contributed by atoms with van der Waals surface area (Å²) in [7, 11) is -3.77. The topological polar surface area (TPSA) is 84.5 Å². The Morgan fingerprint density at radius 2 is 1.84 bits per heavy atom. The average molecular weight is 541 g/mol. The van der Waals surface area contributed by atoms with Crippen molar-refractivity contribution in [2.75, 3.05) is 11.3 Å². The summed E-state index contributed by atoms with van der Waals surface area (Å²) in [4.78, 5) is 12.9. The third-order valence-corrected chi connectivity index (χ3v) is 9.81. The predicted octanol–water partition coefficient (Wildman–Crippen LogP) is 6.84. The molecule has 8 heteroatoms. The molecule has 0 bridgehead atoms. The van der Waals surface area contributed by atoms with Crippen LogP contribution in [0, 0.1) is 5.92 Å². The molecule has 3 aromatic rings. The summed E-state index contributed by atoms with van der Waals surface area (Å²) in [5.41, 5.74) is 2.71. The average Bonchev–Trinajstić information content (AvgIpc) is 3.41. The highest BCUT2D eigenvalue weighted by Crippen LogP contribution is 2.33. The smallest absolute Gasteiger partial charge is 0.338 e. The Bertz CT molecular complexity index is 1300. The van der Waals surface area contributed by atoms with Gasteiger partial charge >= 0.3 is 5.97 Å². The van der Waals surface area contributed by atoms with E-state index in [-0.39, 0.29) is 4.21 Å². The van der Waals surface area contributed by atoms with Crippen molar-refractivity contribution in [3.63, 3.8) is 0 Å². The van der Waals surface area contributed by atoms with Crippen molar-refractivity contribution in [2.45, 2.75) is 69.2 Å². The highest BCUT2D eigenvalue weighted by molar-refractivity contribution is 7.94. The lowest BCUT2D eigenvalue weighted by molar-refractivity contribution is 0.0526. The molecule has 1 saturated carbocycles. The Morgan fingerprint density at radius 1 is 1.05 bits per heavy atom. The van der Waals surface area contributed by atoms with E-state index in [1.54, 1.807) is 43.3 Å². The number of hydrogen-bond acceptors (Lipinski definition) is 6.